The number of nitrogens with one attached hydrogen (secondary N) is 3. The molecule has 26 heavy (non-hydrogen) atoms. The molecular formula is C19H18N4O3. The second kappa shape index (κ2) is 6.51. The van der Waals surface area contributed by atoms with Crippen LogP contribution in [0.2, 0.25) is 0 Å². The zero-order chi connectivity index (χ0) is 18.1. The summed E-state index contributed by atoms with van der Waals surface area (Å²) in [7, 11) is 0. The van der Waals surface area contributed by atoms with Gasteiger partial charge in [0.1, 0.15) is 0 Å². The van der Waals surface area contributed by atoms with Gasteiger partial charge in [0.2, 0.25) is 11.8 Å². The van der Waals surface area contributed by atoms with E-state index < -0.39 is 0 Å². The molecule has 1 saturated heterocycles. The average molecular weight is 350 g/mol. The zero-order valence-corrected chi connectivity index (χ0v) is 14.0. The Morgan fingerprint density at radius 1 is 1.04 bits per heavy atom. The second-order valence-corrected chi connectivity index (χ2v) is 6.38. The van der Waals surface area contributed by atoms with Crippen molar-refractivity contribution < 1.29 is 9.59 Å². The normalized spacial score (nSPS) is 14.2. The number of amides is 2. The fourth-order valence-electron chi connectivity index (χ4n) is 3.22. The molecule has 7 nitrogen and oxygen atoms in total. The Hall–Kier alpha value is -3.35. The molecular weight excluding hydrogens is 332 g/mol. The molecule has 4 rings (SSSR count). The lowest BCUT2D eigenvalue weighted by molar-refractivity contribution is -0.117. The molecule has 1 fully saturated rings. The summed E-state index contributed by atoms with van der Waals surface area (Å²) in [5.41, 5.74) is 3.43. The van der Waals surface area contributed by atoms with Crippen molar-refractivity contribution in [2.24, 2.45) is 0 Å². The third kappa shape index (κ3) is 3.23. The van der Waals surface area contributed by atoms with E-state index >= 15 is 0 Å². The Kier molecular flexibility index (Phi) is 4.04. The maximum Gasteiger partial charge on any atom is 0.323 e. The van der Waals surface area contributed by atoms with Gasteiger partial charge in [-0.1, -0.05) is 12.1 Å². The van der Waals surface area contributed by atoms with Crippen molar-refractivity contribution in [2.45, 2.75) is 19.3 Å². The van der Waals surface area contributed by atoms with Crippen LogP contribution in [0.15, 0.2) is 47.3 Å². The molecule has 0 radical (unpaired) electrons. The standard InChI is InChI=1S/C19H18N4O3/c24-17(20-13-5-8-15-16(11-13)22-19(26)21-15)10-12-3-6-14(7-4-12)23-9-1-2-18(23)25/h3-8,11H,1-2,9-10H2,(H,20,24)(H2,21,22,26). The number of aromatic amines is 2. The maximum absolute atomic E-state index is 12.3. The number of hydrogen-bond donors (Lipinski definition) is 3. The summed E-state index contributed by atoms with van der Waals surface area (Å²) in [5, 5.41) is 2.83. The first-order chi connectivity index (χ1) is 12.6. The zero-order valence-electron chi connectivity index (χ0n) is 14.0. The van der Waals surface area contributed by atoms with E-state index in [1.165, 1.54) is 0 Å². The van der Waals surface area contributed by atoms with Gasteiger partial charge in [-0.2, -0.15) is 0 Å². The van der Waals surface area contributed by atoms with Crippen LogP contribution in [-0.4, -0.2) is 28.3 Å². The molecule has 2 heterocycles. The topological polar surface area (TPSA) is 98.1 Å². The minimum Gasteiger partial charge on any atom is -0.326 e. The highest BCUT2D eigenvalue weighted by atomic mass is 16.2. The second-order valence-electron chi connectivity index (χ2n) is 6.38. The summed E-state index contributed by atoms with van der Waals surface area (Å²) in [6.45, 7) is 0.752. The molecule has 132 valence electrons. The minimum absolute atomic E-state index is 0.146. The van der Waals surface area contributed by atoms with Crippen molar-refractivity contribution in [2.75, 3.05) is 16.8 Å². The summed E-state index contributed by atoms with van der Waals surface area (Å²) in [4.78, 5) is 42.4. The van der Waals surface area contributed by atoms with Gasteiger partial charge in [0.05, 0.1) is 17.5 Å². The molecule has 3 aromatic rings. The molecule has 0 bridgehead atoms. The van der Waals surface area contributed by atoms with Crippen molar-refractivity contribution in [1.29, 1.82) is 0 Å². The number of aromatic nitrogens is 2. The number of nitrogens with zero attached hydrogens (tertiary/aromatic N) is 1. The molecule has 1 aromatic heterocycles. The van der Waals surface area contributed by atoms with E-state index in [4.69, 9.17) is 0 Å². The van der Waals surface area contributed by atoms with E-state index in [9.17, 15) is 14.4 Å². The molecule has 0 spiro atoms. The van der Waals surface area contributed by atoms with Gasteiger partial charge >= 0.3 is 5.69 Å². The summed E-state index contributed by atoms with van der Waals surface area (Å²) < 4.78 is 0. The molecule has 3 N–H and O–H groups in total. The van der Waals surface area contributed by atoms with Gasteiger partial charge in [0.15, 0.2) is 0 Å². The predicted molar refractivity (Wildman–Crippen MR) is 99.3 cm³/mol. The van der Waals surface area contributed by atoms with E-state index in [0.29, 0.717) is 23.1 Å². The lowest BCUT2D eigenvalue weighted by Gasteiger charge is -2.15. The van der Waals surface area contributed by atoms with Crippen LogP contribution in [0.25, 0.3) is 11.0 Å². The van der Waals surface area contributed by atoms with Crippen LogP contribution in [0.4, 0.5) is 11.4 Å². The van der Waals surface area contributed by atoms with Crippen LogP contribution in [0.3, 0.4) is 0 Å². The number of carbonyl (C=O) groups is 2. The highest BCUT2D eigenvalue weighted by Gasteiger charge is 2.21. The fraction of sp³-hybridized carbons (Fsp3) is 0.211. The van der Waals surface area contributed by atoms with E-state index in [1.807, 2.05) is 24.3 Å². The van der Waals surface area contributed by atoms with Crippen molar-refractivity contribution in [1.82, 2.24) is 9.97 Å². The molecule has 0 atom stereocenters. The highest BCUT2D eigenvalue weighted by Crippen LogP contribution is 2.22. The number of anilines is 2. The molecule has 1 aliphatic rings. The van der Waals surface area contributed by atoms with Crippen LogP contribution in [0.5, 0.6) is 0 Å². The first-order valence-corrected chi connectivity index (χ1v) is 8.50. The van der Waals surface area contributed by atoms with Gasteiger partial charge in [-0.05, 0) is 42.3 Å². The molecule has 2 amide bonds. The molecule has 7 heteroatoms. The number of H-pyrrole nitrogens is 2. The van der Waals surface area contributed by atoms with Crippen LogP contribution in [0.1, 0.15) is 18.4 Å². The minimum atomic E-state index is -0.278. The SMILES string of the molecule is O=C(Cc1ccc(N2CCCC2=O)cc1)Nc1ccc2[nH]c(=O)[nH]c2c1. The Bertz CT molecular complexity index is 1030. The number of carbonyl (C=O) groups excluding carboxylic acids is 2. The first-order valence-electron chi connectivity index (χ1n) is 8.50. The maximum atomic E-state index is 12.3. The Balaban J connectivity index is 1.42. The van der Waals surface area contributed by atoms with Crippen molar-refractivity contribution in [3.8, 4) is 0 Å². The number of benzene rings is 2. The summed E-state index contributed by atoms with van der Waals surface area (Å²) in [6, 6.07) is 12.7. The largest absolute Gasteiger partial charge is 0.326 e. The average Bonchev–Trinajstić information content (AvgIpc) is 3.19. The molecule has 0 aliphatic carbocycles. The van der Waals surface area contributed by atoms with Crippen LogP contribution < -0.4 is 15.9 Å². The Morgan fingerprint density at radius 3 is 2.54 bits per heavy atom. The van der Waals surface area contributed by atoms with Gasteiger partial charge in [-0.25, -0.2) is 4.79 Å². The Labute approximate surface area is 149 Å². The van der Waals surface area contributed by atoms with Crippen molar-refractivity contribution >= 4 is 34.2 Å². The number of hydrogen-bond acceptors (Lipinski definition) is 3. The van der Waals surface area contributed by atoms with Crippen LogP contribution in [0, 0.1) is 0 Å². The third-order valence-electron chi connectivity index (χ3n) is 4.49. The van der Waals surface area contributed by atoms with Gasteiger partial charge in [-0.15, -0.1) is 0 Å². The van der Waals surface area contributed by atoms with Gasteiger partial charge in [-0.3, -0.25) is 9.59 Å². The highest BCUT2D eigenvalue weighted by molar-refractivity contribution is 5.96. The molecule has 0 unspecified atom stereocenters. The van der Waals surface area contributed by atoms with Crippen molar-refractivity contribution in [3.63, 3.8) is 0 Å². The van der Waals surface area contributed by atoms with Gasteiger partial charge < -0.3 is 20.2 Å². The monoisotopic (exact) mass is 350 g/mol. The Morgan fingerprint density at radius 2 is 1.81 bits per heavy atom. The van der Waals surface area contributed by atoms with Gasteiger partial charge in [0, 0.05) is 24.3 Å². The van der Waals surface area contributed by atoms with E-state index in [-0.39, 0.29) is 23.9 Å². The number of fused-ring (bicyclic) bond motifs is 1. The fourth-order valence-corrected chi connectivity index (χ4v) is 3.22. The number of rotatable bonds is 4. The molecule has 0 saturated carbocycles. The quantitative estimate of drug-likeness (QED) is 0.672. The van der Waals surface area contributed by atoms with E-state index in [1.54, 1.807) is 23.1 Å². The van der Waals surface area contributed by atoms with Crippen LogP contribution >= 0.6 is 0 Å². The lowest BCUT2D eigenvalue weighted by atomic mass is 10.1. The lowest BCUT2D eigenvalue weighted by Crippen LogP contribution is -2.23. The summed E-state index contributed by atoms with van der Waals surface area (Å²) in [5.74, 6) is 0.000847. The summed E-state index contributed by atoms with van der Waals surface area (Å²) >= 11 is 0. The van der Waals surface area contributed by atoms with Crippen LogP contribution in [-0.2, 0) is 16.0 Å². The molecule has 2 aromatic carbocycles. The smallest absolute Gasteiger partial charge is 0.323 e. The van der Waals surface area contributed by atoms with Crippen molar-refractivity contribution in [3.05, 3.63) is 58.5 Å². The first kappa shape index (κ1) is 16.1. The predicted octanol–water partition coefficient (Wildman–Crippen LogP) is 2.16. The number of imidazole rings is 1. The third-order valence-corrected chi connectivity index (χ3v) is 4.49. The van der Waals surface area contributed by atoms with E-state index in [0.717, 1.165) is 24.2 Å². The molecule has 1 aliphatic heterocycles. The van der Waals surface area contributed by atoms with Gasteiger partial charge in [0.25, 0.3) is 0 Å². The van der Waals surface area contributed by atoms with E-state index in [2.05, 4.69) is 15.3 Å². The summed E-state index contributed by atoms with van der Waals surface area (Å²) in [6.07, 6.45) is 1.72.